The second-order valence-electron chi connectivity index (χ2n) is 5.77. The third-order valence-electron chi connectivity index (χ3n) is 3.91. The Labute approximate surface area is 137 Å². The summed E-state index contributed by atoms with van der Waals surface area (Å²) < 4.78 is 27.8. The third kappa shape index (κ3) is 3.44. The number of rotatable bonds is 4. The van der Waals surface area contributed by atoms with Crippen molar-refractivity contribution in [3.8, 4) is 0 Å². The Morgan fingerprint density at radius 2 is 1.61 bits per heavy atom. The lowest BCUT2D eigenvalue weighted by molar-refractivity contribution is 0.567. The lowest BCUT2D eigenvalue weighted by Gasteiger charge is -2.15. The van der Waals surface area contributed by atoms with Crippen molar-refractivity contribution in [2.75, 3.05) is 0 Å². The Bertz CT molecular complexity index is 948. The molecule has 3 rings (SSSR count). The van der Waals surface area contributed by atoms with Crippen LogP contribution in [-0.2, 0) is 10.0 Å². The van der Waals surface area contributed by atoms with E-state index in [-0.39, 0.29) is 6.04 Å². The molecule has 3 aromatic rings. The maximum Gasteiger partial charge on any atom is 0.241 e. The molecule has 118 valence electrons. The highest BCUT2D eigenvalue weighted by atomic mass is 32.2. The van der Waals surface area contributed by atoms with Crippen molar-refractivity contribution in [3.05, 3.63) is 77.9 Å². The molecular weight excluding hydrogens is 306 g/mol. The van der Waals surface area contributed by atoms with Crippen LogP contribution in [0.3, 0.4) is 0 Å². The summed E-state index contributed by atoms with van der Waals surface area (Å²) in [5, 5.41) is 2.25. The fourth-order valence-corrected chi connectivity index (χ4v) is 3.96. The lowest BCUT2D eigenvalue weighted by Crippen LogP contribution is -2.26. The van der Waals surface area contributed by atoms with E-state index < -0.39 is 10.0 Å². The molecule has 0 aliphatic rings. The molecule has 3 aromatic carbocycles. The van der Waals surface area contributed by atoms with Gasteiger partial charge in [0.1, 0.15) is 0 Å². The molecule has 0 saturated carbocycles. The summed E-state index contributed by atoms with van der Waals surface area (Å²) in [6, 6.07) is 20.7. The van der Waals surface area contributed by atoms with Gasteiger partial charge in [0.05, 0.1) is 4.90 Å². The van der Waals surface area contributed by atoms with E-state index in [4.69, 9.17) is 0 Å². The highest BCUT2D eigenvalue weighted by molar-refractivity contribution is 7.89. The van der Waals surface area contributed by atoms with Crippen LogP contribution in [0, 0.1) is 6.92 Å². The molecule has 0 spiro atoms. The van der Waals surface area contributed by atoms with Gasteiger partial charge in [-0.15, -0.1) is 0 Å². The van der Waals surface area contributed by atoms with Gasteiger partial charge in [-0.3, -0.25) is 0 Å². The molecular formula is C19H19NO2S. The van der Waals surface area contributed by atoms with Crippen LogP contribution in [0.25, 0.3) is 10.8 Å². The van der Waals surface area contributed by atoms with Crippen LogP contribution in [0.1, 0.15) is 24.1 Å². The van der Waals surface area contributed by atoms with E-state index in [0.29, 0.717) is 4.90 Å². The zero-order chi connectivity index (χ0) is 16.4. The van der Waals surface area contributed by atoms with Crippen LogP contribution in [0.5, 0.6) is 0 Å². The number of hydrogen-bond acceptors (Lipinski definition) is 2. The molecule has 1 unspecified atom stereocenters. The first kappa shape index (κ1) is 15.7. The zero-order valence-electron chi connectivity index (χ0n) is 13.2. The van der Waals surface area contributed by atoms with Gasteiger partial charge in [0.2, 0.25) is 10.0 Å². The Hall–Kier alpha value is -2.17. The maximum absolute atomic E-state index is 12.5. The van der Waals surface area contributed by atoms with Crippen molar-refractivity contribution < 1.29 is 8.42 Å². The number of aryl methyl sites for hydroxylation is 1. The molecule has 0 bridgehead atoms. The molecule has 0 aliphatic carbocycles. The molecule has 3 nitrogen and oxygen atoms in total. The highest BCUT2D eigenvalue weighted by Crippen LogP contribution is 2.22. The highest BCUT2D eigenvalue weighted by Gasteiger charge is 2.18. The Morgan fingerprint density at radius 3 is 2.35 bits per heavy atom. The van der Waals surface area contributed by atoms with Crippen LogP contribution in [0.15, 0.2) is 71.6 Å². The van der Waals surface area contributed by atoms with E-state index >= 15 is 0 Å². The molecule has 0 saturated heterocycles. The van der Waals surface area contributed by atoms with Gasteiger partial charge < -0.3 is 0 Å². The van der Waals surface area contributed by atoms with Gasteiger partial charge in [-0.2, -0.15) is 0 Å². The molecule has 0 aliphatic heterocycles. The fraction of sp³-hybridized carbons (Fsp3) is 0.158. The van der Waals surface area contributed by atoms with Crippen LogP contribution in [-0.4, -0.2) is 8.42 Å². The SMILES string of the molecule is Cc1cccc(S(=O)(=O)NC(C)c2ccc3ccccc3c2)c1. The van der Waals surface area contributed by atoms with E-state index in [1.54, 1.807) is 18.2 Å². The van der Waals surface area contributed by atoms with Crippen molar-refractivity contribution in [3.63, 3.8) is 0 Å². The van der Waals surface area contributed by atoms with Crippen molar-refractivity contribution in [2.24, 2.45) is 0 Å². The van der Waals surface area contributed by atoms with E-state index in [9.17, 15) is 8.42 Å². The van der Waals surface area contributed by atoms with Gasteiger partial charge in [-0.1, -0.05) is 48.5 Å². The zero-order valence-corrected chi connectivity index (χ0v) is 14.0. The number of benzene rings is 3. The number of nitrogens with one attached hydrogen (secondary N) is 1. The van der Waals surface area contributed by atoms with Crippen LogP contribution in [0.4, 0.5) is 0 Å². The van der Waals surface area contributed by atoms with E-state index in [0.717, 1.165) is 21.9 Å². The molecule has 1 N–H and O–H groups in total. The quantitative estimate of drug-likeness (QED) is 0.782. The Kier molecular flexibility index (Phi) is 4.20. The van der Waals surface area contributed by atoms with Crippen molar-refractivity contribution in [2.45, 2.75) is 24.8 Å². The van der Waals surface area contributed by atoms with Crippen LogP contribution >= 0.6 is 0 Å². The van der Waals surface area contributed by atoms with Crippen molar-refractivity contribution >= 4 is 20.8 Å². The standard InChI is InChI=1S/C19H19NO2S/c1-14-6-5-9-19(12-14)23(21,22)20-15(2)17-11-10-16-7-3-4-8-18(16)13-17/h3-13,15,20H,1-2H3. The topological polar surface area (TPSA) is 46.2 Å². The normalized spacial score (nSPS) is 13.1. The summed E-state index contributed by atoms with van der Waals surface area (Å²) in [5.41, 5.74) is 1.87. The van der Waals surface area contributed by atoms with Gasteiger partial charge in [-0.05, 0) is 53.9 Å². The molecule has 0 heterocycles. The van der Waals surface area contributed by atoms with Crippen LogP contribution in [0.2, 0.25) is 0 Å². The van der Waals surface area contributed by atoms with Gasteiger partial charge >= 0.3 is 0 Å². The molecule has 1 atom stereocenters. The largest absolute Gasteiger partial charge is 0.241 e. The second-order valence-corrected chi connectivity index (χ2v) is 7.48. The van der Waals surface area contributed by atoms with Crippen molar-refractivity contribution in [1.29, 1.82) is 0 Å². The minimum atomic E-state index is -3.53. The summed E-state index contributed by atoms with van der Waals surface area (Å²) in [7, 11) is -3.53. The molecule has 0 radical (unpaired) electrons. The molecule has 0 amide bonds. The first-order valence-electron chi connectivity index (χ1n) is 7.53. The number of hydrogen-bond donors (Lipinski definition) is 1. The maximum atomic E-state index is 12.5. The lowest BCUT2D eigenvalue weighted by atomic mass is 10.0. The van der Waals surface area contributed by atoms with Gasteiger partial charge in [-0.25, -0.2) is 13.1 Å². The minimum Gasteiger partial charge on any atom is -0.207 e. The molecule has 0 fully saturated rings. The molecule has 23 heavy (non-hydrogen) atoms. The summed E-state index contributed by atoms with van der Waals surface area (Å²) in [5.74, 6) is 0. The second kappa shape index (κ2) is 6.14. The summed E-state index contributed by atoms with van der Waals surface area (Å²) in [6.45, 7) is 3.74. The molecule has 0 aromatic heterocycles. The van der Waals surface area contributed by atoms with Gasteiger partial charge in [0, 0.05) is 6.04 Å². The monoisotopic (exact) mass is 325 g/mol. The average Bonchev–Trinajstić information content (AvgIpc) is 2.54. The van der Waals surface area contributed by atoms with E-state index in [1.165, 1.54) is 0 Å². The number of fused-ring (bicyclic) bond motifs is 1. The average molecular weight is 325 g/mol. The van der Waals surface area contributed by atoms with E-state index in [2.05, 4.69) is 4.72 Å². The first-order chi connectivity index (χ1) is 11.0. The van der Waals surface area contributed by atoms with Gasteiger partial charge in [0.25, 0.3) is 0 Å². The summed E-state index contributed by atoms with van der Waals surface area (Å²) >= 11 is 0. The summed E-state index contributed by atoms with van der Waals surface area (Å²) in [6.07, 6.45) is 0. The summed E-state index contributed by atoms with van der Waals surface area (Å²) in [4.78, 5) is 0.296. The molecule has 4 heteroatoms. The Balaban J connectivity index is 1.89. The minimum absolute atomic E-state index is 0.296. The predicted octanol–water partition coefficient (Wildman–Crippen LogP) is 4.19. The third-order valence-corrected chi connectivity index (χ3v) is 5.44. The fourth-order valence-electron chi connectivity index (χ4n) is 2.63. The Morgan fingerprint density at radius 1 is 0.870 bits per heavy atom. The smallest absolute Gasteiger partial charge is 0.207 e. The first-order valence-corrected chi connectivity index (χ1v) is 9.02. The van der Waals surface area contributed by atoms with E-state index in [1.807, 2.05) is 62.4 Å². The predicted molar refractivity (Wildman–Crippen MR) is 93.9 cm³/mol. The number of sulfonamides is 1. The van der Waals surface area contributed by atoms with Crippen molar-refractivity contribution in [1.82, 2.24) is 4.72 Å². The van der Waals surface area contributed by atoms with Crippen LogP contribution < -0.4 is 4.72 Å². The van der Waals surface area contributed by atoms with Gasteiger partial charge in [0.15, 0.2) is 0 Å².